The van der Waals surface area contributed by atoms with Gasteiger partial charge in [0.1, 0.15) is 11.3 Å². The number of carboxylic acid groups (broad SMARTS) is 1. The van der Waals surface area contributed by atoms with Crippen LogP contribution in [0.15, 0.2) is 66.7 Å². The number of rotatable bonds is 6. The third kappa shape index (κ3) is 3.73. The third-order valence-corrected chi connectivity index (χ3v) is 4.66. The number of aromatic amines is 1. The molecule has 8 nitrogen and oxygen atoms in total. The molecule has 2 aromatic heterocycles. The van der Waals surface area contributed by atoms with E-state index in [0.717, 1.165) is 11.1 Å². The van der Waals surface area contributed by atoms with E-state index in [-0.39, 0.29) is 12.6 Å². The van der Waals surface area contributed by atoms with Gasteiger partial charge in [-0.2, -0.15) is 15.4 Å². The molecule has 29 heavy (non-hydrogen) atoms. The van der Waals surface area contributed by atoms with Gasteiger partial charge in [-0.3, -0.25) is 4.90 Å². The van der Waals surface area contributed by atoms with Crippen LogP contribution in [0.2, 0.25) is 0 Å². The Balaban J connectivity index is 1.82. The van der Waals surface area contributed by atoms with Crippen molar-refractivity contribution in [1.82, 2.24) is 20.4 Å². The van der Waals surface area contributed by atoms with E-state index in [1.54, 1.807) is 13.0 Å². The number of amides is 1. The molecule has 146 valence electrons. The average Bonchev–Trinajstić information content (AvgIpc) is 3.22. The molecule has 0 unspecified atom stereocenters. The molecule has 4 aromatic rings. The average molecular weight is 388 g/mol. The van der Waals surface area contributed by atoms with Crippen LogP contribution < -0.4 is 10.2 Å². The van der Waals surface area contributed by atoms with Crippen LogP contribution in [0.3, 0.4) is 0 Å². The Bertz CT molecular complexity index is 1070. The smallest absolute Gasteiger partial charge is 0.413 e. The van der Waals surface area contributed by atoms with Crippen molar-refractivity contribution >= 4 is 28.8 Å². The highest BCUT2D eigenvalue weighted by Gasteiger charge is 2.21. The van der Waals surface area contributed by atoms with Gasteiger partial charge in [0.25, 0.3) is 0 Å². The summed E-state index contributed by atoms with van der Waals surface area (Å²) >= 11 is 0. The van der Waals surface area contributed by atoms with E-state index >= 15 is 0 Å². The second-order valence-corrected chi connectivity index (χ2v) is 6.45. The monoisotopic (exact) mass is 388 g/mol. The summed E-state index contributed by atoms with van der Waals surface area (Å²) in [6, 6.07) is 21.4. The summed E-state index contributed by atoms with van der Waals surface area (Å²) in [5.74, 6) is 0.757. The van der Waals surface area contributed by atoms with Crippen molar-refractivity contribution in [1.29, 1.82) is 0 Å². The topological polar surface area (TPSA) is 107 Å². The summed E-state index contributed by atoms with van der Waals surface area (Å²) in [5, 5.41) is 23.9. The fraction of sp³-hybridized carbons (Fsp3) is 0.143. The molecule has 8 heteroatoms. The molecule has 0 saturated carbocycles. The third-order valence-electron chi connectivity index (χ3n) is 4.66. The van der Waals surface area contributed by atoms with Gasteiger partial charge in [-0.05, 0) is 18.1 Å². The molecule has 0 radical (unpaired) electrons. The van der Waals surface area contributed by atoms with Crippen LogP contribution in [0, 0.1) is 0 Å². The van der Waals surface area contributed by atoms with Gasteiger partial charge < -0.3 is 10.4 Å². The summed E-state index contributed by atoms with van der Waals surface area (Å²) < 4.78 is 0. The van der Waals surface area contributed by atoms with Gasteiger partial charge in [0, 0.05) is 12.6 Å². The molecule has 0 saturated heterocycles. The fourth-order valence-corrected chi connectivity index (χ4v) is 3.26. The Morgan fingerprint density at radius 2 is 1.69 bits per heavy atom. The fourth-order valence-electron chi connectivity index (χ4n) is 3.26. The van der Waals surface area contributed by atoms with Crippen LogP contribution in [0.25, 0.3) is 11.0 Å². The van der Waals surface area contributed by atoms with Crippen LogP contribution >= 0.6 is 0 Å². The molecule has 0 aliphatic rings. The lowest BCUT2D eigenvalue weighted by molar-refractivity contribution is 0.202. The molecule has 0 spiro atoms. The maximum absolute atomic E-state index is 11.6. The number of anilines is 2. The Kier molecular flexibility index (Phi) is 5.07. The van der Waals surface area contributed by atoms with Gasteiger partial charge in [-0.15, -0.1) is 0 Å². The molecule has 0 aliphatic heterocycles. The summed E-state index contributed by atoms with van der Waals surface area (Å²) in [5.41, 5.74) is 3.19. The van der Waals surface area contributed by atoms with Gasteiger partial charge >= 0.3 is 6.09 Å². The minimum atomic E-state index is -1.07. The highest BCUT2D eigenvalue weighted by molar-refractivity contribution is 5.92. The maximum atomic E-state index is 11.6. The SMILES string of the molecule is CCN(C(=O)O)c1cc2n[nH]nc2c(NC(c2ccccc2)c2ccccc2)n1. The summed E-state index contributed by atoms with van der Waals surface area (Å²) in [7, 11) is 0. The summed E-state index contributed by atoms with van der Waals surface area (Å²) in [4.78, 5) is 17.3. The molecule has 0 fully saturated rings. The first-order chi connectivity index (χ1) is 14.2. The first kappa shape index (κ1) is 18.4. The van der Waals surface area contributed by atoms with Gasteiger partial charge in [0.15, 0.2) is 11.3 Å². The van der Waals surface area contributed by atoms with Crippen molar-refractivity contribution < 1.29 is 9.90 Å². The van der Waals surface area contributed by atoms with E-state index in [9.17, 15) is 9.90 Å². The predicted molar refractivity (Wildman–Crippen MR) is 111 cm³/mol. The highest BCUT2D eigenvalue weighted by Crippen LogP contribution is 2.30. The molecule has 0 bridgehead atoms. The van der Waals surface area contributed by atoms with Crippen molar-refractivity contribution in [3.63, 3.8) is 0 Å². The number of hydrogen-bond acceptors (Lipinski definition) is 5. The van der Waals surface area contributed by atoms with Gasteiger partial charge in [0.2, 0.25) is 0 Å². The Hall–Kier alpha value is -3.94. The first-order valence-electron chi connectivity index (χ1n) is 9.25. The van der Waals surface area contributed by atoms with Crippen LogP contribution in [0.4, 0.5) is 16.4 Å². The normalized spacial score (nSPS) is 11.0. The van der Waals surface area contributed by atoms with Gasteiger partial charge in [-0.1, -0.05) is 60.7 Å². The number of nitrogens with one attached hydrogen (secondary N) is 2. The number of fused-ring (bicyclic) bond motifs is 1. The molecule has 1 amide bonds. The van der Waals surface area contributed by atoms with E-state index in [0.29, 0.717) is 22.7 Å². The number of aromatic nitrogens is 4. The summed E-state index contributed by atoms with van der Waals surface area (Å²) in [6.45, 7) is 2.03. The lowest BCUT2D eigenvalue weighted by atomic mass is 9.99. The number of pyridine rings is 1. The number of hydrogen-bond donors (Lipinski definition) is 3. The highest BCUT2D eigenvalue weighted by atomic mass is 16.4. The zero-order valence-corrected chi connectivity index (χ0v) is 15.8. The quantitative estimate of drug-likeness (QED) is 0.460. The molecule has 0 atom stereocenters. The molecule has 0 aliphatic carbocycles. The number of nitrogens with zero attached hydrogens (tertiary/aromatic N) is 4. The van der Waals surface area contributed by atoms with E-state index in [2.05, 4.69) is 25.7 Å². The standard InChI is InChI=1S/C21H20N6O2/c1-2-27(21(28)29)17-13-16-19(25-26-24-16)20(22-17)23-18(14-9-5-3-6-10-14)15-11-7-4-8-12-15/h3-13,18H,2H2,1H3,(H,22,23)(H,28,29)(H,24,25,26). The maximum Gasteiger partial charge on any atom is 0.413 e. The predicted octanol–water partition coefficient (Wildman–Crippen LogP) is 4.06. The van der Waals surface area contributed by atoms with Crippen LogP contribution in [-0.2, 0) is 0 Å². The minimum Gasteiger partial charge on any atom is -0.465 e. The van der Waals surface area contributed by atoms with Crippen molar-refractivity contribution in [2.24, 2.45) is 0 Å². The molecule has 4 rings (SSSR count). The van der Waals surface area contributed by atoms with Crippen LogP contribution in [0.5, 0.6) is 0 Å². The van der Waals surface area contributed by atoms with Crippen molar-refractivity contribution in [3.8, 4) is 0 Å². The molecule has 2 aromatic carbocycles. The first-order valence-corrected chi connectivity index (χ1v) is 9.25. The zero-order chi connectivity index (χ0) is 20.2. The molecule has 3 N–H and O–H groups in total. The van der Waals surface area contributed by atoms with Crippen molar-refractivity contribution in [3.05, 3.63) is 77.9 Å². The van der Waals surface area contributed by atoms with Crippen molar-refractivity contribution in [2.75, 3.05) is 16.8 Å². The Morgan fingerprint density at radius 1 is 1.07 bits per heavy atom. The molecule has 2 heterocycles. The van der Waals surface area contributed by atoms with Gasteiger partial charge in [0.05, 0.1) is 6.04 Å². The lowest BCUT2D eigenvalue weighted by Crippen LogP contribution is -2.29. The Labute approximate surface area is 167 Å². The van der Waals surface area contributed by atoms with Crippen molar-refractivity contribution in [2.45, 2.75) is 13.0 Å². The van der Waals surface area contributed by atoms with E-state index in [1.165, 1.54) is 4.90 Å². The van der Waals surface area contributed by atoms with E-state index < -0.39 is 6.09 Å². The van der Waals surface area contributed by atoms with E-state index in [4.69, 9.17) is 0 Å². The molecular formula is C21H20N6O2. The van der Waals surface area contributed by atoms with E-state index in [1.807, 2.05) is 60.7 Å². The van der Waals surface area contributed by atoms with Crippen LogP contribution in [0.1, 0.15) is 24.1 Å². The minimum absolute atomic E-state index is 0.194. The second kappa shape index (κ2) is 7.97. The zero-order valence-electron chi connectivity index (χ0n) is 15.8. The largest absolute Gasteiger partial charge is 0.465 e. The lowest BCUT2D eigenvalue weighted by Gasteiger charge is -2.22. The van der Waals surface area contributed by atoms with Gasteiger partial charge in [-0.25, -0.2) is 9.78 Å². The Morgan fingerprint density at radius 3 is 2.24 bits per heavy atom. The van der Waals surface area contributed by atoms with Crippen LogP contribution in [-0.4, -0.2) is 38.1 Å². The number of benzene rings is 2. The summed E-state index contributed by atoms with van der Waals surface area (Å²) in [6.07, 6.45) is -1.07. The number of carbonyl (C=O) groups is 1. The second-order valence-electron chi connectivity index (χ2n) is 6.45. The molecular weight excluding hydrogens is 368 g/mol. The number of H-pyrrole nitrogens is 1.